The Hall–Kier alpha value is -2.96. The molecule has 0 bridgehead atoms. The van der Waals surface area contributed by atoms with Crippen LogP contribution in [-0.4, -0.2) is 77.9 Å². The number of carbonyl (C=O) groups excluding carboxylic acids is 3. The first-order chi connectivity index (χ1) is 15.3. The highest BCUT2D eigenvalue weighted by Crippen LogP contribution is 2.35. The average molecular weight is 468 g/mol. The minimum Gasteiger partial charge on any atom is -0.468 e. The molecule has 32 heavy (non-hydrogen) atoms. The van der Waals surface area contributed by atoms with Gasteiger partial charge in [0, 0.05) is 6.54 Å². The molecule has 2 aliphatic rings. The molecular weight excluding hydrogens is 444 g/mol. The molecule has 0 radical (unpaired) electrons. The number of methoxy groups -OCH3 is 3. The third-order valence-corrected chi connectivity index (χ3v) is 7.21. The summed E-state index contributed by atoms with van der Waals surface area (Å²) in [5.74, 6) is -2.30. The minimum absolute atomic E-state index is 0.0875. The van der Waals surface area contributed by atoms with Gasteiger partial charge in [0.2, 0.25) is 10.0 Å². The Kier molecular flexibility index (Phi) is 7.16. The molecule has 0 aliphatic carbocycles. The van der Waals surface area contributed by atoms with Gasteiger partial charge in [-0.05, 0) is 25.0 Å². The molecule has 1 fully saturated rings. The highest BCUT2D eigenvalue weighted by Gasteiger charge is 2.42. The molecule has 1 unspecified atom stereocenters. The number of benzene rings is 1. The quantitative estimate of drug-likeness (QED) is 0.427. The molecule has 1 saturated heterocycles. The van der Waals surface area contributed by atoms with E-state index >= 15 is 0 Å². The minimum atomic E-state index is -4.18. The molecular formula is C20H24N2O9S. The van der Waals surface area contributed by atoms with Gasteiger partial charge in [-0.3, -0.25) is 4.79 Å². The van der Waals surface area contributed by atoms with Crippen LogP contribution in [0.15, 0.2) is 40.4 Å². The van der Waals surface area contributed by atoms with Crippen molar-refractivity contribution in [1.29, 1.82) is 0 Å². The Balaban J connectivity index is 2.14. The van der Waals surface area contributed by atoms with Gasteiger partial charge < -0.3 is 23.8 Å². The molecule has 174 valence electrons. The number of esters is 3. The highest BCUT2D eigenvalue weighted by molar-refractivity contribution is 7.89. The zero-order valence-corrected chi connectivity index (χ0v) is 18.7. The van der Waals surface area contributed by atoms with Crippen molar-refractivity contribution in [3.63, 3.8) is 0 Å². The normalized spacial score (nSPS) is 19.6. The van der Waals surface area contributed by atoms with E-state index < -0.39 is 34.0 Å². The Labute approximate surface area is 185 Å². The maximum atomic E-state index is 13.6. The average Bonchev–Trinajstić information content (AvgIpc) is 3.33. The molecule has 0 aromatic heterocycles. The molecule has 1 atom stereocenters. The summed E-state index contributed by atoms with van der Waals surface area (Å²) in [6.07, 6.45) is 0.828. The first-order valence-corrected chi connectivity index (χ1v) is 11.2. The summed E-state index contributed by atoms with van der Waals surface area (Å²) in [5, 5.41) is 0. The monoisotopic (exact) mass is 468 g/mol. The number of sulfonamides is 1. The SMILES string of the molecule is COC(=O)C1=C(C(=O)OC)N(c2ccccc2S(=O)(=O)N2CCCC2C(=O)OC)COC1. The lowest BCUT2D eigenvalue weighted by Crippen LogP contribution is -2.43. The van der Waals surface area contributed by atoms with E-state index in [1.807, 2.05) is 0 Å². The van der Waals surface area contributed by atoms with Crippen molar-refractivity contribution in [3.8, 4) is 0 Å². The zero-order chi connectivity index (χ0) is 23.5. The predicted octanol–water partition coefficient (Wildman–Crippen LogP) is 0.407. The van der Waals surface area contributed by atoms with Gasteiger partial charge in [-0.15, -0.1) is 0 Å². The highest BCUT2D eigenvalue weighted by atomic mass is 32.2. The van der Waals surface area contributed by atoms with E-state index in [0.717, 1.165) is 18.5 Å². The van der Waals surface area contributed by atoms with Crippen LogP contribution in [0.5, 0.6) is 0 Å². The van der Waals surface area contributed by atoms with Gasteiger partial charge in [-0.1, -0.05) is 12.1 Å². The number of nitrogens with zero attached hydrogens (tertiary/aromatic N) is 2. The van der Waals surface area contributed by atoms with Crippen molar-refractivity contribution < 1.29 is 41.7 Å². The number of hydrogen-bond acceptors (Lipinski definition) is 10. The van der Waals surface area contributed by atoms with Crippen LogP contribution in [0.3, 0.4) is 0 Å². The van der Waals surface area contributed by atoms with Gasteiger partial charge in [-0.2, -0.15) is 4.31 Å². The van der Waals surface area contributed by atoms with Crippen molar-refractivity contribution in [2.75, 3.05) is 46.1 Å². The Morgan fingerprint density at radius 2 is 1.72 bits per heavy atom. The summed E-state index contributed by atoms with van der Waals surface area (Å²) in [6.45, 7) is -0.281. The molecule has 0 N–H and O–H groups in total. The summed E-state index contributed by atoms with van der Waals surface area (Å²) >= 11 is 0. The van der Waals surface area contributed by atoms with Crippen molar-refractivity contribution in [1.82, 2.24) is 4.31 Å². The van der Waals surface area contributed by atoms with Gasteiger partial charge in [0.1, 0.15) is 23.4 Å². The van der Waals surface area contributed by atoms with Gasteiger partial charge in [0.25, 0.3) is 0 Å². The van der Waals surface area contributed by atoms with E-state index in [1.54, 1.807) is 6.07 Å². The second-order valence-electron chi connectivity index (χ2n) is 6.98. The third-order valence-electron chi connectivity index (χ3n) is 5.25. The Morgan fingerprint density at radius 3 is 2.38 bits per heavy atom. The topological polar surface area (TPSA) is 129 Å². The van der Waals surface area contributed by atoms with Crippen LogP contribution in [0, 0.1) is 0 Å². The Bertz CT molecular complexity index is 1050. The number of para-hydroxylation sites is 1. The first kappa shape index (κ1) is 23.7. The molecule has 2 aliphatic heterocycles. The number of hydrogen-bond donors (Lipinski definition) is 0. The van der Waals surface area contributed by atoms with E-state index in [-0.39, 0.29) is 41.7 Å². The molecule has 0 amide bonds. The molecule has 11 nitrogen and oxygen atoms in total. The van der Waals surface area contributed by atoms with Gasteiger partial charge in [0.05, 0.1) is 39.2 Å². The van der Waals surface area contributed by atoms with Crippen LogP contribution in [0.1, 0.15) is 12.8 Å². The fraction of sp³-hybridized carbons (Fsp3) is 0.450. The maximum absolute atomic E-state index is 13.6. The van der Waals surface area contributed by atoms with Crippen molar-refractivity contribution in [2.24, 2.45) is 0 Å². The van der Waals surface area contributed by atoms with Crippen LogP contribution >= 0.6 is 0 Å². The summed E-state index contributed by atoms with van der Waals surface area (Å²) in [5.41, 5.74) is -0.199. The standard InChI is InChI=1S/C20H24N2O9S/c1-28-18(23)13-11-31-12-21(17(13)20(25)30-3)14-7-4-5-9-16(14)32(26,27)22-10-6-8-15(22)19(24)29-2/h4-5,7,9,15H,6,8,10-12H2,1-3H3. The fourth-order valence-corrected chi connectivity index (χ4v) is 5.60. The van der Waals surface area contributed by atoms with Crippen molar-refractivity contribution in [2.45, 2.75) is 23.8 Å². The second-order valence-corrected chi connectivity index (χ2v) is 8.84. The van der Waals surface area contributed by atoms with Gasteiger partial charge in [0.15, 0.2) is 0 Å². The van der Waals surface area contributed by atoms with E-state index in [2.05, 4.69) is 0 Å². The number of anilines is 1. The van der Waals surface area contributed by atoms with Crippen molar-refractivity contribution >= 4 is 33.6 Å². The van der Waals surface area contributed by atoms with Crippen LogP contribution in [0.2, 0.25) is 0 Å². The molecule has 0 saturated carbocycles. The van der Waals surface area contributed by atoms with E-state index in [9.17, 15) is 22.8 Å². The fourth-order valence-electron chi connectivity index (χ4n) is 3.76. The zero-order valence-electron chi connectivity index (χ0n) is 17.9. The number of ether oxygens (including phenoxy) is 4. The number of rotatable bonds is 6. The van der Waals surface area contributed by atoms with Crippen LogP contribution in [0.4, 0.5) is 5.69 Å². The smallest absolute Gasteiger partial charge is 0.355 e. The molecule has 3 rings (SSSR count). The number of carbonyl (C=O) groups is 3. The first-order valence-electron chi connectivity index (χ1n) is 9.71. The predicted molar refractivity (Wildman–Crippen MR) is 110 cm³/mol. The van der Waals surface area contributed by atoms with Gasteiger partial charge >= 0.3 is 17.9 Å². The summed E-state index contributed by atoms with van der Waals surface area (Å²) in [7, 11) is -0.678. The molecule has 1 aromatic rings. The maximum Gasteiger partial charge on any atom is 0.355 e. The molecule has 12 heteroatoms. The summed E-state index contributed by atoms with van der Waals surface area (Å²) < 4.78 is 48.0. The lowest BCUT2D eigenvalue weighted by molar-refractivity contribution is -0.144. The summed E-state index contributed by atoms with van der Waals surface area (Å²) in [6, 6.07) is 4.99. The van der Waals surface area contributed by atoms with E-state index in [1.165, 1.54) is 30.2 Å². The van der Waals surface area contributed by atoms with E-state index in [0.29, 0.717) is 12.8 Å². The molecule has 1 aromatic carbocycles. The Morgan fingerprint density at radius 1 is 1.03 bits per heavy atom. The van der Waals surface area contributed by atoms with Crippen LogP contribution < -0.4 is 4.90 Å². The van der Waals surface area contributed by atoms with Gasteiger partial charge in [-0.25, -0.2) is 18.0 Å². The molecule has 0 spiro atoms. The second kappa shape index (κ2) is 9.67. The van der Waals surface area contributed by atoms with Crippen LogP contribution in [-0.2, 0) is 43.4 Å². The largest absolute Gasteiger partial charge is 0.468 e. The van der Waals surface area contributed by atoms with E-state index in [4.69, 9.17) is 18.9 Å². The summed E-state index contributed by atoms with van der Waals surface area (Å²) in [4.78, 5) is 38.0. The molecule has 2 heterocycles. The lowest BCUT2D eigenvalue weighted by atomic mass is 10.1. The third kappa shape index (κ3) is 4.20. The van der Waals surface area contributed by atoms with Crippen molar-refractivity contribution in [3.05, 3.63) is 35.5 Å². The lowest BCUT2D eigenvalue weighted by Gasteiger charge is -2.33. The van der Waals surface area contributed by atoms with Crippen LogP contribution in [0.25, 0.3) is 0 Å².